The van der Waals surface area contributed by atoms with E-state index in [0.29, 0.717) is 18.2 Å². The van der Waals surface area contributed by atoms with E-state index in [-0.39, 0.29) is 29.8 Å². The highest BCUT2D eigenvalue weighted by Gasteiger charge is 2.33. The van der Waals surface area contributed by atoms with E-state index in [4.69, 9.17) is 4.84 Å². The second-order valence-corrected chi connectivity index (χ2v) is 10.4. The van der Waals surface area contributed by atoms with Gasteiger partial charge in [0, 0.05) is 24.0 Å². The molecular weight excluding hydrogens is 464 g/mol. The zero-order valence-electron chi connectivity index (χ0n) is 22.0. The molecule has 0 radical (unpaired) electrons. The summed E-state index contributed by atoms with van der Waals surface area (Å²) in [7, 11) is 1.90. The zero-order valence-corrected chi connectivity index (χ0v) is 22.0. The van der Waals surface area contributed by atoms with Crippen LogP contribution in [0.25, 0.3) is 10.9 Å². The minimum atomic E-state index is -0.277. The first-order chi connectivity index (χ1) is 17.9. The molecule has 2 N–H and O–H groups in total. The number of aromatic nitrogens is 1. The van der Waals surface area contributed by atoms with Crippen LogP contribution < -0.4 is 10.6 Å². The van der Waals surface area contributed by atoms with Gasteiger partial charge in [-0.25, -0.2) is 0 Å². The molecule has 1 aromatic heterocycles. The molecule has 7 nitrogen and oxygen atoms in total. The smallest absolute Gasteiger partial charge is 0.268 e. The average Bonchev–Trinajstić information content (AvgIpc) is 3.23. The van der Waals surface area contributed by atoms with Crippen molar-refractivity contribution in [2.45, 2.75) is 64.6 Å². The Balaban J connectivity index is 1.39. The summed E-state index contributed by atoms with van der Waals surface area (Å²) < 4.78 is 1.91. The van der Waals surface area contributed by atoms with Crippen molar-refractivity contribution in [3.8, 4) is 0 Å². The number of oxime groups is 1. The van der Waals surface area contributed by atoms with Gasteiger partial charge in [-0.15, -0.1) is 0 Å². The molecule has 196 valence electrons. The number of fused-ring (bicyclic) bond motifs is 1. The van der Waals surface area contributed by atoms with E-state index in [1.54, 1.807) is 6.21 Å². The summed E-state index contributed by atoms with van der Waals surface area (Å²) in [6, 6.07) is 19.3. The number of para-hydroxylation sites is 1. The third-order valence-electron chi connectivity index (χ3n) is 7.05. The third-order valence-corrected chi connectivity index (χ3v) is 7.05. The monoisotopic (exact) mass is 502 g/mol. The van der Waals surface area contributed by atoms with Gasteiger partial charge in [-0.2, -0.15) is 0 Å². The van der Waals surface area contributed by atoms with E-state index in [1.165, 1.54) is 0 Å². The second kappa shape index (κ2) is 12.6. The van der Waals surface area contributed by atoms with Gasteiger partial charge in [0.1, 0.15) is 12.3 Å². The molecule has 1 aliphatic rings. The summed E-state index contributed by atoms with van der Waals surface area (Å²) in [6.45, 7) is 4.61. The van der Waals surface area contributed by atoms with E-state index in [1.807, 2.05) is 72.3 Å². The maximum Gasteiger partial charge on any atom is 0.268 e. The van der Waals surface area contributed by atoms with Gasteiger partial charge in [-0.3, -0.25) is 9.59 Å². The average molecular weight is 503 g/mol. The van der Waals surface area contributed by atoms with Crippen molar-refractivity contribution in [3.05, 3.63) is 71.9 Å². The number of carbonyl (C=O) groups is 2. The van der Waals surface area contributed by atoms with Crippen LogP contribution >= 0.6 is 0 Å². The molecule has 0 aliphatic heterocycles. The molecule has 37 heavy (non-hydrogen) atoms. The minimum absolute atomic E-state index is 0.0396. The molecule has 7 heteroatoms. The lowest BCUT2D eigenvalue weighted by Gasteiger charge is -2.32. The van der Waals surface area contributed by atoms with Crippen LogP contribution in [-0.4, -0.2) is 34.7 Å². The number of hydrogen-bond donors (Lipinski definition) is 2. The Hall–Kier alpha value is -3.61. The van der Waals surface area contributed by atoms with Gasteiger partial charge in [-0.1, -0.05) is 80.4 Å². The van der Waals surface area contributed by atoms with Crippen LogP contribution in [0.5, 0.6) is 0 Å². The van der Waals surface area contributed by atoms with Crippen LogP contribution in [0.4, 0.5) is 0 Å². The summed E-state index contributed by atoms with van der Waals surface area (Å²) >= 11 is 0. The van der Waals surface area contributed by atoms with Gasteiger partial charge in [0.25, 0.3) is 5.91 Å². The van der Waals surface area contributed by atoms with E-state index >= 15 is 0 Å². The Kier molecular flexibility index (Phi) is 8.99. The number of nitrogens with one attached hydrogen (secondary N) is 2. The van der Waals surface area contributed by atoms with Gasteiger partial charge < -0.3 is 20.0 Å². The molecule has 1 heterocycles. The molecule has 0 spiro atoms. The summed E-state index contributed by atoms with van der Waals surface area (Å²) in [6.07, 6.45) is 5.95. The first kappa shape index (κ1) is 26.5. The second-order valence-electron chi connectivity index (χ2n) is 10.4. The van der Waals surface area contributed by atoms with Crippen molar-refractivity contribution in [1.82, 2.24) is 15.2 Å². The predicted octanol–water partition coefficient (Wildman–Crippen LogP) is 5.20. The Bertz CT molecular complexity index is 1220. The fraction of sp³-hybridized carbons (Fsp3) is 0.433. The highest BCUT2D eigenvalue weighted by Crippen LogP contribution is 2.26. The number of aryl methyl sites for hydroxylation is 1. The highest BCUT2D eigenvalue weighted by molar-refractivity contribution is 5.99. The fourth-order valence-electron chi connectivity index (χ4n) is 5.12. The number of carbonyl (C=O) groups excluding carboxylic acids is 2. The largest absolute Gasteiger partial charge is 0.391 e. The summed E-state index contributed by atoms with van der Waals surface area (Å²) in [4.78, 5) is 32.1. The number of benzene rings is 2. The first-order valence-corrected chi connectivity index (χ1v) is 13.3. The van der Waals surface area contributed by atoms with Crippen LogP contribution in [-0.2, 0) is 23.3 Å². The van der Waals surface area contributed by atoms with Crippen molar-refractivity contribution >= 4 is 28.9 Å². The third kappa shape index (κ3) is 7.00. The Morgan fingerprint density at radius 1 is 1.08 bits per heavy atom. The molecule has 1 aliphatic carbocycles. The van der Waals surface area contributed by atoms with Crippen LogP contribution in [0.1, 0.15) is 62.0 Å². The lowest BCUT2D eigenvalue weighted by atomic mass is 9.83. The SMILES string of the molecule is CC(C)CC(C=NOCc1ccccc1)NC(=O)[C@@H]1CCCC[C@@H]1NC(=O)c1cc2ccccc2n1C. The predicted molar refractivity (Wildman–Crippen MR) is 147 cm³/mol. The van der Waals surface area contributed by atoms with E-state index < -0.39 is 0 Å². The molecular formula is C30H38N4O3. The highest BCUT2D eigenvalue weighted by atomic mass is 16.6. The molecule has 3 aromatic rings. The number of rotatable bonds is 10. The number of hydrogen-bond acceptors (Lipinski definition) is 4. The molecule has 1 saturated carbocycles. The van der Waals surface area contributed by atoms with E-state index in [9.17, 15) is 9.59 Å². The maximum absolute atomic E-state index is 13.4. The van der Waals surface area contributed by atoms with Gasteiger partial charge >= 0.3 is 0 Å². The van der Waals surface area contributed by atoms with Crippen LogP contribution in [0.2, 0.25) is 0 Å². The van der Waals surface area contributed by atoms with Crippen molar-refractivity contribution in [3.63, 3.8) is 0 Å². The van der Waals surface area contributed by atoms with E-state index in [0.717, 1.165) is 48.6 Å². The Morgan fingerprint density at radius 3 is 2.57 bits per heavy atom. The molecule has 2 aromatic carbocycles. The molecule has 1 unspecified atom stereocenters. The molecule has 0 saturated heterocycles. The van der Waals surface area contributed by atoms with Crippen molar-refractivity contribution < 1.29 is 14.4 Å². The van der Waals surface area contributed by atoms with Crippen LogP contribution in [0.15, 0.2) is 65.8 Å². The minimum Gasteiger partial charge on any atom is -0.391 e. The molecule has 4 rings (SSSR count). The van der Waals surface area contributed by atoms with Crippen LogP contribution in [0, 0.1) is 11.8 Å². The zero-order chi connectivity index (χ0) is 26.2. The summed E-state index contributed by atoms with van der Waals surface area (Å²) in [5.74, 6) is -0.0832. The molecule has 2 amide bonds. The van der Waals surface area contributed by atoms with Gasteiger partial charge in [0.2, 0.25) is 5.91 Å². The number of amides is 2. The van der Waals surface area contributed by atoms with Crippen LogP contribution in [0.3, 0.4) is 0 Å². The quantitative estimate of drug-likeness (QED) is 0.295. The number of nitrogens with zero attached hydrogens (tertiary/aromatic N) is 2. The van der Waals surface area contributed by atoms with Crippen molar-refractivity contribution in [1.29, 1.82) is 0 Å². The summed E-state index contributed by atoms with van der Waals surface area (Å²) in [5, 5.41) is 11.5. The van der Waals surface area contributed by atoms with Gasteiger partial charge in [0.15, 0.2) is 0 Å². The Labute approximate surface area is 219 Å². The summed E-state index contributed by atoms with van der Waals surface area (Å²) in [5.41, 5.74) is 2.65. The molecule has 1 fully saturated rings. The molecule has 3 atom stereocenters. The van der Waals surface area contributed by atoms with Crippen molar-refractivity contribution in [2.24, 2.45) is 24.0 Å². The maximum atomic E-state index is 13.4. The fourth-order valence-corrected chi connectivity index (χ4v) is 5.12. The first-order valence-electron chi connectivity index (χ1n) is 13.3. The lowest BCUT2D eigenvalue weighted by Crippen LogP contribution is -2.51. The lowest BCUT2D eigenvalue weighted by molar-refractivity contribution is -0.127. The Morgan fingerprint density at radius 2 is 1.81 bits per heavy atom. The normalized spacial score (nSPS) is 18.7. The topological polar surface area (TPSA) is 84.7 Å². The van der Waals surface area contributed by atoms with E-state index in [2.05, 4.69) is 29.6 Å². The van der Waals surface area contributed by atoms with Gasteiger partial charge in [-0.05, 0) is 42.9 Å². The standard InChI is InChI=1S/C30H38N4O3/c1-21(2)17-24(19-31-37-20-22-11-5-4-6-12-22)32-29(35)25-14-8-9-15-26(25)33-30(36)28-18-23-13-7-10-16-27(23)34(28)3/h4-7,10-13,16,18-19,21,24-26H,8-9,14-15,17,20H2,1-3H3,(H,32,35)(H,33,36)/t24?,25-,26+/m1/s1. The molecule has 0 bridgehead atoms. The van der Waals surface area contributed by atoms with Gasteiger partial charge in [0.05, 0.1) is 18.2 Å². The van der Waals surface area contributed by atoms with Crippen molar-refractivity contribution in [2.75, 3.05) is 0 Å².